The molecule has 2 aliphatic heterocycles. The van der Waals surface area contributed by atoms with Gasteiger partial charge in [0.2, 0.25) is 0 Å². The van der Waals surface area contributed by atoms with E-state index in [4.69, 9.17) is 4.74 Å². The number of piperidine rings is 1. The molecule has 0 bridgehead atoms. The van der Waals surface area contributed by atoms with Crippen molar-refractivity contribution in [3.05, 3.63) is 0 Å². The lowest BCUT2D eigenvalue weighted by atomic mass is 10.0. The predicted molar refractivity (Wildman–Crippen MR) is 74.1 cm³/mol. The third-order valence-corrected chi connectivity index (χ3v) is 3.70. The van der Waals surface area contributed by atoms with Gasteiger partial charge in [-0.1, -0.05) is 6.92 Å². The number of amides is 1. The smallest absolute Gasteiger partial charge is 0.251 e. The van der Waals surface area contributed by atoms with Gasteiger partial charge in [0.15, 0.2) is 0 Å². The topological polar surface area (TPSA) is 41.6 Å². The van der Waals surface area contributed by atoms with Crippen LogP contribution in [0, 0.1) is 0 Å². The van der Waals surface area contributed by atoms with Crippen molar-refractivity contribution in [3.63, 3.8) is 0 Å². The van der Waals surface area contributed by atoms with Gasteiger partial charge in [0.25, 0.3) is 5.91 Å². The standard InChI is InChI=1S/C13H24N2O2.ClH/c1-2-9-15(11-5-7-14-8-6-11)13(16)12-4-3-10-17-12;/h11-12,14H,2-10H2,1H3;1H. The fourth-order valence-corrected chi connectivity index (χ4v) is 2.79. The van der Waals surface area contributed by atoms with Crippen molar-refractivity contribution in [3.8, 4) is 0 Å². The summed E-state index contributed by atoms with van der Waals surface area (Å²) in [6.07, 6.45) is 4.97. The first-order valence-corrected chi connectivity index (χ1v) is 6.95. The number of carbonyl (C=O) groups is 1. The Kier molecular flexibility index (Phi) is 6.97. The molecule has 2 fully saturated rings. The zero-order valence-electron chi connectivity index (χ0n) is 11.2. The summed E-state index contributed by atoms with van der Waals surface area (Å²) < 4.78 is 5.53. The van der Waals surface area contributed by atoms with Crippen LogP contribution in [0.3, 0.4) is 0 Å². The van der Waals surface area contributed by atoms with E-state index < -0.39 is 0 Å². The number of nitrogens with one attached hydrogen (secondary N) is 1. The molecule has 2 rings (SSSR count). The molecule has 18 heavy (non-hydrogen) atoms. The Morgan fingerprint density at radius 1 is 1.33 bits per heavy atom. The molecule has 1 unspecified atom stereocenters. The van der Waals surface area contributed by atoms with Gasteiger partial charge in [0.1, 0.15) is 6.10 Å². The van der Waals surface area contributed by atoms with Crippen molar-refractivity contribution in [1.29, 1.82) is 0 Å². The molecule has 0 aromatic rings. The van der Waals surface area contributed by atoms with Gasteiger partial charge in [-0.05, 0) is 45.2 Å². The Balaban J connectivity index is 0.00000162. The average molecular weight is 277 g/mol. The van der Waals surface area contributed by atoms with Crippen LogP contribution in [-0.4, -0.2) is 49.2 Å². The van der Waals surface area contributed by atoms with Crippen molar-refractivity contribution in [2.75, 3.05) is 26.2 Å². The summed E-state index contributed by atoms with van der Waals surface area (Å²) in [4.78, 5) is 14.5. The molecule has 0 aromatic heterocycles. The Hall–Kier alpha value is -0.320. The highest BCUT2D eigenvalue weighted by atomic mass is 35.5. The van der Waals surface area contributed by atoms with E-state index in [1.807, 2.05) is 0 Å². The summed E-state index contributed by atoms with van der Waals surface area (Å²) in [5.74, 6) is 0.233. The summed E-state index contributed by atoms with van der Waals surface area (Å²) in [6, 6.07) is 0.424. The number of rotatable bonds is 4. The van der Waals surface area contributed by atoms with Gasteiger partial charge < -0.3 is 15.0 Å². The lowest BCUT2D eigenvalue weighted by Crippen LogP contribution is -2.49. The van der Waals surface area contributed by atoms with E-state index in [1.54, 1.807) is 0 Å². The molecule has 0 saturated carbocycles. The second kappa shape index (κ2) is 7.97. The molecule has 5 heteroatoms. The lowest BCUT2D eigenvalue weighted by Gasteiger charge is -2.35. The Labute approximate surface area is 116 Å². The van der Waals surface area contributed by atoms with Gasteiger partial charge in [-0.2, -0.15) is 0 Å². The molecular weight excluding hydrogens is 252 g/mol. The summed E-state index contributed by atoms with van der Waals surface area (Å²) in [5.41, 5.74) is 0. The Morgan fingerprint density at radius 3 is 2.61 bits per heavy atom. The molecule has 0 aromatic carbocycles. The van der Waals surface area contributed by atoms with Gasteiger partial charge in [-0.25, -0.2) is 0 Å². The van der Waals surface area contributed by atoms with Gasteiger partial charge in [-0.3, -0.25) is 4.79 Å². The number of hydrogen-bond donors (Lipinski definition) is 1. The molecule has 106 valence electrons. The van der Waals surface area contributed by atoms with Gasteiger partial charge >= 0.3 is 0 Å². The largest absolute Gasteiger partial charge is 0.368 e. The minimum Gasteiger partial charge on any atom is -0.368 e. The van der Waals surface area contributed by atoms with E-state index in [0.717, 1.165) is 58.3 Å². The van der Waals surface area contributed by atoms with E-state index in [-0.39, 0.29) is 24.4 Å². The zero-order valence-corrected chi connectivity index (χ0v) is 12.0. The summed E-state index contributed by atoms with van der Waals surface area (Å²) in [7, 11) is 0. The van der Waals surface area contributed by atoms with Crippen LogP contribution in [0.1, 0.15) is 39.0 Å². The van der Waals surface area contributed by atoms with Gasteiger partial charge in [0, 0.05) is 19.2 Å². The third kappa shape index (κ3) is 3.84. The molecule has 4 nitrogen and oxygen atoms in total. The van der Waals surface area contributed by atoms with Crippen LogP contribution in [-0.2, 0) is 9.53 Å². The first kappa shape index (κ1) is 15.7. The van der Waals surface area contributed by atoms with Crippen molar-refractivity contribution in [2.45, 2.75) is 51.2 Å². The maximum atomic E-state index is 12.4. The quantitative estimate of drug-likeness (QED) is 0.848. The summed E-state index contributed by atoms with van der Waals surface area (Å²) in [6.45, 7) is 5.83. The summed E-state index contributed by atoms with van der Waals surface area (Å²) in [5, 5.41) is 3.35. The van der Waals surface area contributed by atoms with Crippen LogP contribution >= 0.6 is 12.4 Å². The fourth-order valence-electron chi connectivity index (χ4n) is 2.79. The van der Waals surface area contributed by atoms with E-state index in [0.29, 0.717) is 6.04 Å². The molecule has 1 N–H and O–H groups in total. The van der Waals surface area contributed by atoms with Crippen LogP contribution < -0.4 is 5.32 Å². The molecule has 0 spiro atoms. The zero-order chi connectivity index (χ0) is 12.1. The first-order valence-electron chi connectivity index (χ1n) is 6.95. The van der Waals surface area contributed by atoms with Crippen molar-refractivity contribution in [1.82, 2.24) is 10.2 Å². The molecule has 1 amide bonds. The summed E-state index contributed by atoms with van der Waals surface area (Å²) >= 11 is 0. The van der Waals surface area contributed by atoms with E-state index in [9.17, 15) is 4.79 Å². The highest BCUT2D eigenvalue weighted by Crippen LogP contribution is 2.19. The first-order chi connectivity index (χ1) is 8.33. The van der Waals surface area contributed by atoms with E-state index >= 15 is 0 Å². The van der Waals surface area contributed by atoms with Gasteiger partial charge in [-0.15, -0.1) is 12.4 Å². The van der Waals surface area contributed by atoms with Crippen LogP contribution in [0.5, 0.6) is 0 Å². The predicted octanol–water partition coefficient (Wildman–Crippen LogP) is 1.58. The van der Waals surface area contributed by atoms with Crippen molar-refractivity contribution in [2.24, 2.45) is 0 Å². The lowest BCUT2D eigenvalue weighted by molar-refractivity contribution is -0.144. The molecule has 0 radical (unpaired) electrons. The molecule has 2 saturated heterocycles. The molecule has 0 aliphatic carbocycles. The van der Waals surface area contributed by atoms with Crippen LogP contribution in [0.15, 0.2) is 0 Å². The van der Waals surface area contributed by atoms with Crippen LogP contribution in [0.2, 0.25) is 0 Å². The maximum Gasteiger partial charge on any atom is 0.251 e. The number of nitrogens with zero attached hydrogens (tertiary/aromatic N) is 1. The maximum absolute atomic E-state index is 12.4. The number of halogens is 1. The Bertz CT molecular complexity index is 251. The SMILES string of the molecule is CCCN(C(=O)C1CCCO1)C1CCNCC1.Cl. The highest BCUT2D eigenvalue weighted by molar-refractivity contribution is 5.85. The molecule has 2 aliphatic rings. The van der Waals surface area contributed by atoms with Crippen LogP contribution in [0.25, 0.3) is 0 Å². The minimum absolute atomic E-state index is 0. The number of hydrogen-bond acceptors (Lipinski definition) is 3. The minimum atomic E-state index is -0.156. The average Bonchev–Trinajstić information content (AvgIpc) is 2.90. The number of carbonyl (C=O) groups excluding carboxylic acids is 1. The molecule has 2 heterocycles. The highest BCUT2D eigenvalue weighted by Gasteiger charge is 2.32. The molecular formula is C13H25ClN2O2. The molecule has 1 atom stereocenters. The Morgan fingerprint density at radius 2 is 2.06 bits per heavy atom. The fraction of sp³-hybridized carbons (Fsp3) is 0.923. The second-order valence-corrected chi connectivity index (χ2v) is 5.01. The second-order valence-electron chi connectivity index (χ2n) is 5.01. The van der Waals surface area contributed by atoms with Crippen molar-refractivity contribution < 1.29 is 9.53 Å². The van der Waals surface area contributed by atoms with E-state index in [1.165, 1.54) is 0 Å². The number of ether oxygens (including phenoxy) is 1. The van der Waals surface area contributed by atoms with Crippen LogP contribution in [0.4, 0.5) is 0 Å². The normalized spacial score (nSPS) is 24.6. The van der Waals surface area contributed by atoms with Gasteiger partial charge in [0.05, 0.1) is 0 Å². The van der Waals surface area contributed by atoms with Crippen molar-refractivity contribution >= 4 is 18.3 Å². The van der Waals surface area contributed by atoms with E-state index in [2.05, 4.69) is 17.1 Å². The monoisotopic (exact) mass is 276 g/mol. The third-order valence-electron chi connectivity index (χ3n) is 3.70.